The predicted octanol–water partition coefficient (Wildman–Crippen LogP) is -3.58. The van der Waals surface area contributed by atoms with E-state index in [9.17, 15) is 29.1 Å². The molecule has 15 nitrogen and oxygen atoms in total. The van der Waals surface area contributed by atoms with E-state index < -0.39 is 66.9 Å². The van der Waals surface area contributed by atoms with Gasteiger partial charge in [-0.15, -0.1) is 0 Å². The number of hydrogen-bond donors (Lipinski definition) is 9. The fourth-order valence-electron chi connectivity index (χ4n) is 2.76. The van der Waals surface area contributed by atoms with Gasteiger partial charge in [0.1, 0.15) is 24.2 Å². The zero-order valence-electron chi connectivity index (χ0n) is 19.2. The minimum absolute atomic E-state index is 0.0149. The van der Waals surface area contributed by atoms with Crippen LogP contribution in [0.4, 0.5) is 0 Å². The number of aliphatic carboxylic acids is 2. The fourth-order valence-corrected chi connectivity index (χ4v) is 2.76. The second kappa shape index (κ2) is 15.4. The number of rotatable bonds is 16. The van der Waals surface area contributed by atoms with Crippen molar-refractivity contribution in [1.29, 1.82) is 0 Å². The maximum Gasteiger partial charge on any atom is 0.326 e. The van der Waals surface area contributed by atoms with E-state index in [-0.39, 0.29) is 37.7 Å². The molecular weight excluding hydrogens is 454 g/mol. The second-order valence-electron chi connectivity index (χ2n) is 7.99. The molecule has 0 saturated carbocycles. The number of amides is 3. The third-order valence-corrected chi connectivity index (χ3v) is 4.45. The number of nitrogens with one attached hydrogen (secondary N) is 3. The van der Waals surface area contributed by atoms with Crippen LogP contribution in [0.2, 0.25) is 0 Å². The van der Waals surface area contributed by atoms with Gasteiger partial charge >= 0.3 is 11.9 Å². The van der Waals surface area contributed by atoms with Gasteiger partial charge in [0.05, 0.1) is 13.0 Å². The smallest absolute Gasteiger partial charge is 0.326 e. The molecule has 4 atom stereocenters. The number of hydrogen-bond acceptors (Lipinski definition) is 8. The van der Waals surface area contributed by atoms with E-state index in [0.29, 0.717) is 0 Å². The van der Waals surface area contributed by atoms with Crippen molar-refractivity contribution >= 4 is 35.6 Å². The molecule has 0 fully saturated rings. The summed E-state index contributed by atoms with van der Waals surface area (Å²) in [6.07, 6.45) is -0.553. The van der Waals surface area contributed by atoms with Gasteiger partial charge in [0, 0.05) is 6.54 Å². The SMILES string of the molecule is CC(C)CC(NC(=O)C(CC(=O)O)NC(=O)C(CCCN=C(N)N)NC(=O)C(N)CO)C(=O)O. The highest BCUT2D eigenvalue weighted by atomic mass is 16.4. The summed E-state index contributed by atoms with van der Waals surface area (Å²) in [6, 6.07) is -5.51. The highest BCUT2D eigenvalue weighted by molar-refractivity contribution is 5.95. The summed E-state index contributed by atoms with van der Waals surface area (Å²) in [5.74, 6) is -5.79. The number of carboxylic acid groups (broad SMARTS) is 2. The Labute approximate surface area is 196 Å². The molecular formula is C19H35N7O8. The minimum atomic E-state index is -1.62. The van der Waals surface area contributed by atoms with Gasteiger partial charge in [-0.2, -0.15) is 0 Å². The normalized spacial score (nSPS) is 14.3. The summed E-state index contributed by atoms with van der Waals surface area (Å²) in [5, 5.41) is 34.3. The molecule has 15 heteroatoms. The molecule has 0 aromatic heterocycles. The standard InChI is InChI=1S/C19H35N7O8/c1-9(2)6-13(18(33)34)26-17(32)12(7-14(28)29)25-16(31)11(4-3-5-23-19(21)22)24-15(30)10(20)8-27/h9-13,27H,3-8,20H2,1-2H3,(H,24,30)(H,25,31)(H,26,32)(H,28,29)(H,33,34)(H4,21,22,23). The first-order valence-corrected chi connectivity index (χ1v) is 10.6. The van der Waals surface area contributed by atoms with Crippen LogP contribution in [0.3, 0.4) is 0 Å². The van der Waals surface area contributed by atoms with Gasteiger partial charge in [-0.3, -0.25) is 24.2 Å². The van der Waals surface area contributed by atoms with Crippen molar-refractivity contribution in [3.05, 3.63) is 0 Å². The molecule has 0 aliphatic carbocycles. The van der Waals surface area contributed by atoms with Crippen molar-refractivity contribution in [2.75, 3.05) is 13.2 Å². The van der Waals surface area contributed by atoms with Crippen molar-refractivity contribution in [2.24, 2.45) is 28.1 Å². The Bertz CT molecular complexity index is 755. The average Bonchev–Trinajstić information content (AvgIpc) is 2.72. The molecule has 0 aromatic rings. The maximum absolute atomic E-state index is 12.8. The number of nitrogens with two attached hydrogens (primary N) is 3. The van der Waals surface area contributed by atoms with Gasteiger partial charge in [-0.1, -0.05) is 13.8 Å². The van der Waals surface area contributed by atoms with E-state index >= 15 is 0 Å². The number of guanidine groups is 1. The van der Waals surface area contributed by atoms with Crippen molar-refractivity contribution in [3.63, 3.8) is 0 Å². The van der Waals surface area contributed by atoms with Gasteiger partial charge in [0.25, 0.3) is 0 Å². The van der Waals surface area contributed by atoms with Crippen LogP contribution >= 0.6 is 0 Å². The molecule has 12 N–H and O–H groups in total. The number of carboxylic acids is 2. The molecule has 0 aromatic carbocycles. The predicted molar refractivity (Wildman–Crippen MR) is 120 cm³/mol. The van der Waals surface area contributed by atoms with Crippen molar-refractivity contribution in [1.82, 2.24) is 16.0 Å². The fraction of sp³-hybridized carbons (Fsp3) is 0.684. The van der Waals surface area contributed by atoms with E-state index in [1.54, 1.807) is 13.8 Å². The van der Waals surface area contributed by atoms with Crippen molar-refractivity contribution in [3.8, 4) is 0 Å². The topological polar surface area (TPSA) is 273 Å². The Morgan fingerprint density at radius 1 is 0.882 bits per heavy atom. The van der Waals surface area contributed by atoms with E-state index in [2.05, 4.69) is 20.9 Å². The number of nitrogens with zero attached hydrogens (tertiary/aromatic N) is 1. The molecule has 0 aliphatic heterocycles. The molecule has 34 heavy (non-hydrogen) atoms. The summed E-state index contributed by atoms with van der Waals surface area (Å²) in [4.78, 5) is 63.9. The summed E-state index contributed by atoms with van der Waals surface area (Å²) < 4.78 is 0. The molecule has 4 unspecified atom stereocenters. The highest BCUT2D eigenvalue weighted by Gasteiger charge is 2.31. The average molecular weight is 490 g/mol. The van der Waals surface area contributed by atoms with Crippen LogP contribution < -0.4 is 33.2 Å². The van der Waals surface area contributed by atoms with Gasteiger partial charge < -0.3 is 48.5 Å². The summed E-state index contributed by atoms with van der Waals surface area (Å²) >= 11 is 0. The number of aliphatic hydroxyl groups excluding tert-OH is 1. The molecule has 0 rings (SSSR count). The second-order valence-corrected chi connectivity index (χ2v) is 7.99. The summed E-state index contributed by atoms with van der Waals surface area (Å²) in [5.41, 5.74) is 15.9. The molecule has 3 amide bonds. The summed E-state index contributed by atoms with van der Waals surface area (Å²) in [6.45, 7) is 2.91. The minimum Gasteiger partial charge on any atom is -0.481 e. The molecule has 0 heterocycles. The maximum atomic E-state index is 12.8. The van der Waals surface area contributed by atoms with E-state index in [1.807, 2.05) is 0 Å². The monoisotopic (exact) mass is 489 g/mol. The zero-order chi connectivity index (χ0) is 26.4. The van der Waals surface area contributed by atoms with Gasteiger partial charge in [-0.05, 0) is 25.2 Å². The third-order valence-electron chi connectivity index (χ3n) is 4.45. The molecule has 194 valence electrons. The Hall–Kier alpha value is -3.46. The van der Waals surface area contributed by atoms with Gasteiger partial charge in [0.2, 0.25) is 17.7 Å². The Balaban J connectivity index is 5.55. The Morgan fingerprint density at radius 2 is 1.41 bits per heavy atom. The van der Waals surface area contributed by atoms with Crippen LogP contribution in [0.15, 0.2) is 4.99 Å². The number of aliphatic hydroxyl groups is 1. The first kappa shape index (κ1) is 30.5. The Kier molecular flexibility index (Phi) is 13.8. The van der Waals surface area contributed by atoms with E-state index in [0.717, 1.165) is 0 Å². The van der Waals surface area contributed by atoms with Gasteiger partial charge in [-0.25, -0.2) is 4.79 Å². The summed E-state index contributed by atoms with van der Waals surface area (Å²) in [7, 11) is 0. The highest BCUT2D eigenvalue weighted by Crippen LogP contribution is 2.07. The lowest BCUT2D eigenvalue weighted by Gasteiger charge is -2.24. The van der Waals surface area contributed by atoms with Crippen LogP contribution in [-0.4, -0.2) is 88.3 Å². The van der Waals surface area contributed by atoms with Crippen LogP contribution in [-0.2, 0) is 24.0 Å². The van der Waals surface area contributed by atoms with E-state index in [1.165, 1.54) is 0 Å². The largest absolute Gasteiger partial charge is 0.481 e. The molecule has 0 saturated heterocycles. The number of carbonyl (C=O) groups is 5. The quantitative estimate of drug-likeness (QED) is 0.0580. The van der Waals surface area contributed by atoms with Gasteiger partial charge in [0.15, 0.2) is 5.96 Å². The van der Waals surface area contributed by atoms with Crippen molar-refractivity contribution in [2.45, 2.75) is 63.7 Å². The van der Waals surface area contributed by atoms with E-state index in [4.69, 9.17) is 27.4 Å². The van der Waals surface area contributed by atoms with Crippen LogP contribution in [0.5, 0.6) is 0 Å². The lowest BCUT2D eigenvalue weighted by atomic mass is 10.0. The molecule has 0 bridgehead atoms. The molecule has 0 spiro atoms. The van der Waals surface area contributed by atoms with Crippen molar-refractivity contribution < 1.29 is 39.3 Å². The zero-order valence-corrected chi connectivity index (χ0v) is 19.2. The Morgan fingerprint density at radius 3 is 1.88 bits per heavy atom. The molecule has 0 aliphatic rings. The van der Waals surface area contributed by atoms with Crippen LogP contribution in [0.1, 0.15) is 39.5 Å². The van der Waals surface area contributed by atoms with Crippen LogP contribution in [0.25, 0.3) is 0 Å². The number of aliphatic imine (C=N–C) groups is 1. The number of carbonyl (C=O) groups excluding carboxylic acids is 3. The lowest BCUT2D eigenvalue weighted by molar-refractivity contribution is -0.144. The van der Waals surface area contributed by atoms with Crippen LogP contribution in [0, 0.1) is 5.92 Å². The lowest BCUT2D eigenvalue weighted by Crippen LogP contribution is -2.57. The first-order valence-electron chi connectivity index (χ1n) is 10.6. The first-order chi connectivity index (χ1) is 15.8. The molecule has 0 radical (unpaired) electrons. The third kappa shape index (κ3) is 12.5.